The zero-order valence-corrected chi connectivity index (χ0v) is 17.0. The van der Waals surface area contributed by atoms with Gasteiger partial charge in [0.15, 0.2) is 0 Å². The van der Waals surface area contributed by atoms with Gasteiger partial charge in [0.05, 0.1) is 7.11 Å². The number of hydrogen-bond acceptors (Lipinski definition) is 5. The van der Waals surface area contributed by atoms with E-state index in [9.17, 15) is 14.4 Å². The van der Waals surface area contributed by atoms with Gasteiger partial charge < -0.3 is 19.7 Å². The highest BCUT2D eigenvalue weighted by Crippen LogP contribution is 2.19. The topological polar surface area (TPSA) is 84.9 Å². The van der Waals surface area contributed by atoms with E-state index in [1.165, 1.54) is 12.0 Å². The molecule has 1 aliphatic rings. The quantitative estimate of drug-likeness (QED) is 0.710. The molecule has 1 N–H and O–H groups in total. The number of esters is 2. The fraction of sp³-hybridized carbons (Fsp3) is 0.348. The van der Waals surface area contributed by atoms with Crippen molar-refractivity contribution in [2.24, 2.45) is 0 Å². The van der Waals surface area contributed by atoms with Gasteiger partial charge in [-0.25, -0.2) is 14.4 Å². The minimum Gasteiger partial charge on any atom is -0.467 e. The molecule has 2 aromatic rings. The third-order valence-electron chi connectivity index (χ3n) is 5.08. The highest BCUT2D eigenvalue weighted by atomic mass is 16.5. The molecule has 1 unspecified atom stereocenters. The van der Waals surface area contributed by atoms with E-state index in [0.29, 0.717) is 19.4 Å². The average Bonchev–Trinajstić information content (AvgIpc) is 3.28. The number of amides is 2. The summed E-state index contributed by atoms with van der Waals surface area (Å²) in [7, 11) is 1.30. The minimum atomic E-state index is -0.873. The highest BCUT2D eigenvalue weighted by molar-refractivity contribution is 5.87. The molecular weight excluding hydrogens is 384 g/mol. The van der Waals surface area contributed by atoms with Crippen molar-refractivity contribution in [2.75, 3.05) is 13.7 Å². The van der Waals surface area contributed by atoms with Gasteiger partial charge in [0.25, 0.3) is 0 Å². The third-order valence-corrected chi connectivity index (χ3v) is 5.08. The Labute approximate surface area is 176 Å². The van der Waals surface area contributed by atoms with Crippen LogP contribution in [0.25, 0.3) is 0 Å². The van der Waals surface area contributed by atoms with Crippen LogP contribution < -0.4 is 5.32 Å². The number of likely N-dealkylation sites (tertiary alicyclic amines) is 1. The summed E-state index contributed by atoms with van der Waals surface area (Å²) in [6.45, 7) is 0.554. The van der Waals surface area contributed by atoms with Crippen molar-refractivity contribution >= 4 is 18.0 Å². The standard InChI is InChI=1S/C23H26N2O5/c1-29-22(27)20-13-8-14-25(20)23(28)24-19(15-17-9-4-2-5-10-17)21(26)30-16-18-11-6-3-7-12-18/h2-7,9-12,19-20H,8,13-16H2,1H3,(H,24,28)/t19-,20?/m0/s1. The summed E-state index contributed by atoms with van der Waals surface area (Å²) in [6.07, 6.45) is 1.54. The summed E-state index contributed by atoms with van der Waals surface area (Å²) in [5.41, 5.74) is 1.76. The average molecular weight is 410 g/mol. The van der Waals surface area contributed by atoms with Crippen LogP contribution in [0.1, 0.15) is 24.0 Å². The lowest BCUT2D eigenvalue weighted by Gasteiger charge is -2.26. The maximum atomic E-state index is 12.9. The van der Waals surface area contributed by atoms with E-state index in [-0.39, 0.29) is 13.0 Å². The predicted molar refractivity (Wildman–Crippen MR) is 110 cm³/mol. The second-order valence-corrected chi connectivity index (χ2v) is 7.16. The summed E-state index contributed by atoms with van der Waals surface area (Å²) >= 11 is 0. The molecule has 1 heterocycles. The maximum Gasteiger partial charge on any atom is 0.329 e. The molecule has 0 radical (unpaired) electrons. The number of benzene rings is 2. The molecule has 30 heavy (non-hydrogen) atoms. The zero-order chi connectivity index (χ0) is 21.3. The summed E-state index contributed by atoms with van der Waals surface area (Å²) in [4.78, 5) is 39.0. The predicted octanol–water partition coefficient (Wildman–Crippen LogP) is 2.69. The van der Waals surface area contributed by atoms with E-state index in [0.717, 1.165) is 11.1 Å². The van der Waals surface area contributed by atoms with Crippen LogP contribution in [0, 0.1) is 0 Å². The van der Waals surface area contributed by atoms with Gasteiger partial charge in [-0.2, -0.15) is 0 Å². The number of hydrogen-bond donors (Lipinski definition) is 1. The van der Waals surface area contributed by atoms with Crippen LogP contribution in [0.2, 0.25) is 0 Å². The molecule has 1 saturated heterocycles. The minimum absolute atomic E-state index is 0.120. The summed E-state index contributed by atoms with van der Waals surface area (Å²) in [5, 5.41) is 2.76. The number of rotatable bonds is 7. The van der Waals surface area contributed by atoms with Crippen molar-refractivity contribution in [1.29, 1.82) is 0 Å². The number of urea groups is 1. The van der Waals surface area contributed by atoms with Crippen LogP contribution >= 0.6 is 0 Å². The first-order chi connectivity index (χ1) is 14.6. The third kappa shape index (κ3) is 5.59. The van der Waals surface area contributed by atoms with Crippen LogP contribution in [0.4, 0.5) is 4.79 Å². The largest absolute Gasteiger partial charge is 0.467 e. The van der Waals surface area contributed by atoms with E-state index in [2.05, 4.69) is 5.32 Å². The van der Waals surface area contributed by atoms with Crippen LogP contribution in [0.15, 0.2) is 60.7 Å². The summed E-state index contributed by atoms with van der Waals surface area (Å²) in [5.74, 6) is -0.973. The number of carbonyl (C=O) groups excluding carboxylic acids is 3. The van der Waals surface area contributed by atoms with Crippen LogP contribution in [-0.4, -0.2) is 48.6 Å². The molecule has 1 aliphatic heterocycles. The van der Waals surface area contributed by atoms with E-state index in [1.807, 2.05) is 60.7 Å². The van der Waals surface area contributed by atoms with Gasteiger partial charge in [0.1, 0.15) is 18.7 Å². The van der Waals surface area contributed by atoms with Gasteiger partial charge in [-0.05, 0) is 24.0 Å². The second-order valence-electron chi connectivity index (χ2n) is 7.16. The van der Waals surface area contributed by atoms with Crippen molar-refractivity contribution in [1.82, 2.24) is 10.2 Å². The molecule has 0 aliphatic carbocycles. The highest BCUT2D eigenvalue weighted by Gasteiger charge is 2.36. The monoisotopic (exact) mass is 410 g/mol. The first-order valence-corrected chi connectivity index (χ1v) is 9.98. The van der Waals surface area contributed by atoms with Crippen LogP contribution in [0.3, 0.4) is 0 Å². The summed E-state index contributed by atoms with van der Waals surface area (Å²) < 4.78 is 10.3. The smallest absolute Gasteiger partial charge is 0.329 e. The molecule has 2 atom stereocenters. The molecule has 0 spiro atoms. The molecule has 1 fully saturated rings. The van der Waals surface area contributed by atoms with E-state index in [4.69, 9.17) is 9.47 Å². The molecule has 3 rings (SSSR count). The molecule has 7 nitrogen and oxygen atoms in total. The molecule has 7 heteroatoms. The van der Waals surface area contributed by atoms with Crippen molar-refractivity contribution in [3.05, 3.63) is 71.8 Å². The molecule has 158 valence electrons. The lowest BCUT2D eigenvalue weighted by Crippen LogP contribution is -2.52. The fourth-order valence-electron chi connectivity index (χ4n) is 3.50. The van der Waals surface area contributed by atoms with E-state index >= 15 is 0 Å². The Morgan fingerprint density at radius 3 is 2.30 bits per heavy atom. The normalized spacial score (nSPS) is 16.6. The molecule has 0 saturated carbocycles. The molecule has 0 aromatic heterocycles. The van der Waals surface area contributed by atoms with Crippen molar-refractivity contribution in [3.8, 4) is 0 Å². The van der Waals surface area contributed by atoms with Crippen LogP contribution in [-0.2, 0) is 32.1 Å². The van der Waals surface area contributed by atoms with Crippen molar-refractivity contribution in [3.63, 3.8) is 0 Å². The zero-order valence-electron chi connectivity index (χ0n) is 17.0. The first kappa shape index (κ1) is 21.4. The molecular formula is C23H26N2O5. The number of carbonyl (C=O) groups is 3. The lowest BCUT2D eigenvalue weighted by molar-refractivity contribution is -0.147. The fourth-order valence-corrected chi connectivity index (χ4v) is 3.50. The van der Waals surface area contributed by atoms with Gasteiger partial charge in [0.2, 0.25) is 0 Å². The second kappa shape index (κ2) is 10.4. The van der Waals surface area contributed by atoms with E-state index < -0.39 is 30.1 Å². The van der Waals surface area contributed by atoms with Gasteiger partial charge in [-0.3, -0.25) is 0 Å². The molecule has 2 amide bonds. The Hall–Kier alpha value is -3.35. The van der Waals surface area contributed by atoms with Crippen molar-refractivity contribution < 1.29 is 23.9 Å². The first-order valence-electron chi connectivity index (χ1n) is 9.98. The molecule has 0 bridgehead atoms. The Kier molecular flexibility index (Phi) is 7.43. The number of nitrogens with one attached hydrogen (secondary N) is 1. The Morgan fingerprint density at radius 1 is 1.03 bits per heavy atom. The Balaban J connectivity index is 1.69. The Morgan fingerprint density at radius 2 is 1.67 bits per heavy atom. The maximum absolute atomic E-state index is 12.9. The van der Waals surface area contributed by atoms with Gasteiger partial charge in [0, 0.05) is 13.0 Å². The van der Waals surface area contributed by atoms with Crippen LogP contribution in [0.5, 0.6) is 0 Å². The van der Waals surface area contributed by atoms with Crippen molar-refractivity contribution in [2.45, 2.75) is 38.0 Å². The lowest BCUT2D eigenvalue weighted by atomic mass is 10.1. The van der Waals surface area contributed by atoms with Gasteiger partial charge in [-0.1, -0.05) is 60.7 Å². The van der Waals surface area contributed by atoms with E-state index in [1.54, 1.807) is 0 Å². The molecule has 2 aromatic carbocycles. The number of ether oxygens (including phenoxy) is 2. The summed E-state index contributed by atoms with van der Waals surface area (Å²) in [6, 6.07) is 16.8. The SMILES string of the molecule is COC(=O)C1CCCN1C(=O)N[C@@H](Cc1ccccc1)C(=O)OCc1ccccc1. The van der Waals surface area contributed by atoms with Gasteiger partial charge >= 0.3 is 18.0 Å². The number of nitrogens with zero attached hydrogens (tertiary/aromatic N) is 1. The Bertz CT molecular complexity index is 856. The number of methoxy groups -OCH3 is 1. The van der Waals surface area contributed by atoms with Gasteiger partial charge in [-0.15, -0.1) is 0 Å².